The second-order valence-corrected chi connectivity index (χ2v) is 3.36. The molecule has 82 valence electrons. The Kier molecular flexibility index (Phi) is 6.07. The first-order valence-electron chi connectivity index (χ1n) is 4.65. The van der Waals surface area contributed by atoms with Gasteiger partial charge in [0.25, 0.3) is 0 Å². The van der Waals surface area contributed by atoms with Crippen molar-refractivity contribution < 1.29 is 14.7 Å². The zero-order valence-corrected chi connectivity index (χ0v) is 8.62. The SMILES string of the molecule is CC(=O)[C@H](CCN)NC(=O)C[C@H](C)O. The van der Waals surface area contributed by atoms with E-state index >= 15 is 0 Å². The maximum atomic E-state index is 11.2. The molecule has 0 aliphatic carbocycles. The first kappa shape index (κ1) is 13.1. The normalized spacial score (nSPS) is 14.6. The van der Waals surface area contributed by atoms with Gasteiger partial charge >= 0.3 is 0 Å². The maximum Gasteiger partial charge on any atom is 0.223 e. The van der Waals surface area contributed by atoms with Crippen LogP contribution in [0.2, 0.25) is 0 Å². The second-order valence-electron chi connectivity index (χ2n) is 3.36. The number of nitrogens with two attached hydrogens (primary N) is 1. The number of hydrogen-bond donors (Lipinski definition) is 3. The number of Topliss-reactive ketones (excluding diaryl/α,β-unsaturated/α-hetero) is 1. The van der Waals surface area contributed by atoms with Gasteiger partial charge in [0.15, 0.2) is 5.78 Å². The van der Waals surface area contributed by atoms with Crippen molar-refractivity contribution in [3.63, 3.8) is 0 Å². The van der Waals surface area contributed by atoms with Gasteiger partial charge in [0.1, 0.15) is 0 Å². The molecule has 14 heavy (non-hydrogen) atoms. The van der Waals surface area contributed by atoms with Crippen molar-refractivity contribution in [2.45, 2.75) is 38.8 Å². The average molecular weight is 202 g/mol. The number of aliphatic hydroxyl groups excluding tert-OH is 1. The van der Waals surface area contributed by atoms with Crippen molar-refractivity contribution in [2.75, 3.05) is 6.54 Å². The molecule has 0 saturated carbocycles. The van der Waals surface area contributed by atoms with Crippen LogP contribution in [0.1, 0.15) is 26.7 Å². The molecule has 0 fully saturated rings. The molecule has 0 aliphatic heterocycles. The number of amides is 1. The van der Waals surface area contributed by atoms with Crippen LogP contribution in [0.25, 0.3) is 0 Å². The van der Waals surface area contributed by atoms with Gasteiger partial charge in [0.2, 0.25) is 5.91 Å². The lowest BCUT2D eigenvalue weighted by Gasteiger charge is -2.15. The Morgan fingerprint density at radius 2 is 2.07 bits per heavy atom. The van der Waals surface area contributed by atoms with Crippen molar-refractivity contribution >= 4 is 11.7 Å². The number of rotatable bonds is 6. The van der Waals surface area contributed by atoms with E-state index in [0.29, 0.717) is 13.0 Å². The van der Waals surface area contributed by atoms with Crippen molar-refractivity contribution in [3.05, 3.63) is 0 Å². The summed E-state index contributed by atoms with van der Waals surface area (Å²) in [7, 11) is 0. The minimum atomic E-state index is -0.694. The molecule has 0 aromatic heterocycles. The highest BCUT2D eigenvalue weighted by molar-refractivity contribution is 5.87. The van der Waals surface area contributed by atoms with Crippen LogP contribution in [0, 0.1) is 0 Å². The molecule has 5 nitrogen and oxygen atoms in total. The average Bonchev–Trinajstić information content (AvgIpc) is 2.01. The van der Waals surface area contributed by atoms with E-state index in [2.05, 4.69) is 5.32 Å². The summed E-state index contributed by atoms with van der Waals surface area (Å²) < 4.78 is 0. The van der Waals surface area contributed by atoms with Gasteiger partial charge in [0.05, 0.1) is 18.6 Å². The summed E-state index contributed by atoms with van der Waals surface area (Å²) in [5.74, 6) is -0.442. The van der Waals surface area contributed by atoms with Crippen molar-refractivity contribution in [3.8, 4) is 0 Å². The van der Waals surface area contributed by atoms with Crippen LogP contribution in [-0.2, 0) is 9.59 Å². The predicted molar refractivity (Wildman–Crippen MR) is 52.6 cm³/mol. The molecule has 0 aliphatic rings. The van der Waals surface area contributed by atoms with Crippen molar-refractivity contribution in [1.29, 1.82) is 0 Å². The summed E-state index contributed by atoms with van der Waals surface area (Å²) in [6.45, 7) is 3.27. The van der Waals surface area contributed by atoms with Gasteiger partial charge in [-0.25, -0.2) is 0 Å². The molecule has 2 atom stereocenters. The van der Waals surface area contributed by atoms with Gasteiger partial charge in [-0.2, -0.15) is 0 Å². The highest BCUT2D eigenvalue weighted by atomic mass is 16.3. The summed E-state index contributed by atoms with van der Waals surface area (Å²) in [6, 6.07) is -0.522. The third-order valence-corrected chi connectivity index (χ3v) is 1.76. The number of aliphatic hydroxyl groups is 1. The molecule has 0 saturated heterocycles. The second kappa shape index (κ2) is 6.50. The number of ketones is 1. The van der Waals surface area contributed by atoms with Gasteiger partial charge in [0, 0.05) is 0 Å². The molecule has 0 bridgehead atoms. The fourth-order valence-electron chi connectivity index (χ4n) is 1.07. The summed E-state index contributed by atoms with van der Waals surface area (Å²) in [5.41, 5.74) is 5.29. The third kappa shape index (κ3) is 5.66. The predicted octanol–water partition coefficient (Wildman–Crippen LogP) is -0.820. The van der Waals surface area contributed by atoms with E-state index in [1.165, 1.54) is 13.8 Å². The lowest BCUT2D eigenvalue weighted by atomic mass is 10.1. The molecule has 0 aromatic rings. The molecular weight excluding hydrogens is 184 g/mol. The highest BCUT2D eigenvalue weighted by Crippen LogP contribution is 1.95. The van der Waals surface area contributed by atoms with Crippen LogP contribution in [0.15, 0.2) is 0 Å². The fraction of sp³-hybridized carbons (Fsp3) is 0.778. The lowest BCUT2D eigenvalue weighted by molar-refractivity contribution is -0.128. The van der Waals surface area contributed by atoms with Gasteiger partial charge in [-0.15, -0.1) is 0 Å². The van der Waals surface area contributed by atoms with Crippen LogP contribution in [-0.4, -0.2) is 35.5 Å². The Balaban J connectivity index is 4.02. The largest absolute Gasteiger partial charge is 0.393 e. The van der Waals surface area contributed by atoms with Crippen LogP contribution in [0.4, 0.5) is 0 Å². The zero-order valence-electron chi connectivity index (χ0n) is 8.62. The molecule has 0 aromatic carbocycles. The van der Waals surface area contributed by atoms with Gasteiger partial charge in [-0.1, -0.05) is 0 Å². The van der Waals surface area contributed by atoms with Gasteiger partial charge in [-0.05, 0) is 26.8 Å². The Morgan fingerprint density at radius 3 is 2.43 bits per heavy atom. The van der Waals surface area contributed by atoms with E-state index in [-0.39, 0.29) is 18.1 Å². The van der Waals surface area contributed by atoms with Crippen LogP contribution in [0.5, 0.6) is 0 Å². The summed E-state index contributed by atoms with van der Waals surface area (Å²) in [5, 5.41) is 11.5. The third-order valence-electron chi connectivity index (χ3n) is 1.76. The number of nitrogens with one attached hydrogen (secondary N) is 1. The van der Waals surface area contributed by atoms with E-state index in [0.717, 1.165) is 0 Å². The minimum absolute atomic E-state index is 0.00829. The first-order valence-corrected chi connectivity index (χ1v) is 4.65. The molecule has 0 unspecified atom stereocenters. The Bertz CT molecular complexity index is 204. The van der Waals surface area contributed by atoms with E-state index in [4.69, 9.17) is 10.8 Å². The topological polar surface area (TPSA) is 92.4 Å². The maximum absolute atomic E-state index is 11.2. The van der Waals surface area contributed by atoms with E-state index < -0.39 is 12.1 Å². The standard InChI is InChI=1S/C9H18N2O3/c1-6(12)5-9(14)11-8(3-4-10)7(2)13/h6,8,12H,3-5,10H2,1-2H3,(H,11,14)/t6-,8-/m0/s1. The fourth-order valence-corrected chi connectivity index (χ4v) is 1.07. The Labute approximate surface area is 83.7 Å². The highest BCUT2D eigenvalue weighted by Gasteiger charge is 2.16. The molecule has 0 heterocycles. The van der Waals surface area contributed by atoms with Gasteiger partial charge in [-0.3, -0.25) is 9.59 Å². The van der Waals surface area contributed by atoms with Crippen LogP contribution < -0.4 is 11.1 Å². The Morgan fingerprint density at radius 1 is 1.50 bits per heavy atom. The molecular formula is C9H18N2O3. The molecule has 4 N–H and O–H groups in total. The smallest absolute Gasteiger partial charge is 0.223 e. The quantitative estimate of drug-likeness (QED) is 0.524. The molecule has 5 heteroatoms. The Hall–Kier alpha value is -0.940. The number of hydrogen-bond acceptors (Lipinski definition) is 4. The molecule has 0 radical (unpaired) electrons. The molecule has 1 amide bonds. The van der Waals surface area contributed by atoms with Gasteiger partial charge < -0.3 is 16.2 Å². The summed E-state index contributed by atoms with van der Waals surface area (Å²) in [4.78, 5) is 22.2. The van der Waals surface area contributed by atoms with E-state index in [9.17, 15) is 9.59 Å². The van der Waals surface area contributed by atoms with E-state index in [1.807, 2.05) is 0 Å². The number of carbonyl (C=O) groups is 2. The lowest BCUT2D eigenvalue weighted by Crippen LogP contribution is -2.41. The monoisotopic (exact) mass is 202 g/mol. The summed E-state index contributed by atoms with van der Waals surface area (Å²) >= 11 is 0. The molecule has 0 rings (SSSR count). The summed E-state index contributed by atoms with van der Waals surface area (Å²) in [6.07, 6.45) is -0.254. The van der Waals surface area contributed by atoms with Crippen molar-refractivity contribution in [1.82, 2.24) is 5.32 Å². The van der Waals surface area contributed by atoms with Crippen molar-refractivity contribution in [2.24, 2.45) is 5.73 Å². The minimum Gasteiger partial charge on any atom is -0.393 e. The zero-order chi connectivity index (χ0) is 11.1. The molecule has 0 spiro atoms. The van der Waals surface area contributed by atoms with Crippen LogP contribution >= 0.6 is 0 Å². The van der Waals surface area contributed by atoms with E-state index in [1.54, 1.807) is 0 Å². The number of carbonyl (C=O) groups excluding carboxylic acids is 2. The van der Waals surface area contributed by atoms with Crippen LogP contribution in [0.3, 0.4) is 0 Å². The first-order chi connectivity index (χ1) is 6.47.